The Morgan fingerprint density at radius 2 is 1.67 bits per heavy atom. The van der Waals surface area contributed by atoms with Crippen molar-refractivity contribution in [2.45, 2.75) is 26.9 Å². The number of hydrogen-bond donors (Lipinski definition) is 0. The maximum Gasteiger partial charge on any atom is 0.103 e. The van der Waals surface area contributed by atoms with E-state index >= 15 is 0 Å². The number of para-hydroxylation sites is 1. The van der Waals surface area contributed by atoms with Crippen LogP contribution in [0.5, 0.6) is 0 Å². The fraction of sp³-hybridized carbons (Fsp3) is 0.261. The number of nitrogens with zero attached hydrogens (tertiary/aromatic N) is 4. The molecule has 0 bridgehead atoms. The molecular formula is C23H24N4. The van der Waals surface area contributed by atoms with Crippen molar-refractivity contribution in [2.75, 3.05) is 16.8 Å². The van der Waals surface area contributed by atoms with Crippen LogP contribution in [0.4, 0.5) is 17.1 Å². The lowest BCUT2D eigenvalue weighted by atomic mass is 10.1. The summed E-state index contributed by atoms with van der Waals surface area (Å²) >= 11 is 0. The monoisotopic (exact) mass is 356 g/mol. The van der Waals surface area contributed by atoms with Gasteiger partial charge in [-0.05, 0) is 50.6 Å². The van der Waals surface area contributed by atoms with Crippen LogP contribution < -0.4 is 9.80 Å². The smallest absolute Gasteiger partial charge is 0.103 e. The third kappa shape index (κ3) is 2.07. The predicted octanol–water partition coefficient (Wildman–Crippen LogP) is 5.28. The standard InChI is InChI=1S/C23H24N4/c1-14-8-6-7-9-19(14)27-16(3)25(4)21-13-20-18(12-22(21)27)17-10-11-24-15(2)23(17)26(20)5/h6-13,16H,1-5H3/t16-/m0/s1. The Kier molecular flexibility index (Phi) is 3.29. The van der Waals surface area contributed by atoms with Crippen LogP contribution in [-0.4, -0.2) is 22.8 Å². The summed E-state index contributed by atoms with van der Waals surface area (Å²) < 4.78 is 2.28. The number of pyridine rings is 1. The lowest BCUT2D eigenvalue weighted by Crippen LogP contribution is -2.35. The van der Waals surface area contributed by atoms with Crippen LogP contribution in [0.2, 0.25) is 0 Å². The summed E-state index contributed by atoms with van der Waals surface area (Å²) in [6.45, 7) is 6.54. The van der Waals surface area contributed by atoms with Crippen molar-refractivity contribution in [1.29, 1.82) is 0 Å². The molecule has 0 amide bonds. The molecule has 3 heterocycles. The Morgan fingerprint density at radius 3 is 2.44 bits per heavy atom. The molecule has 1 aliphatic rings. The zero-order chi connectivity index (χ0) is 18.9. The average molecular weight is 356 g/mol. The van der Waals surface area contributed by atoms with Gasteiger partial charge in [-0.15, -0.1) is 0 Å². The van der Waals surface area contributed by atoms with E-state index < -0.39 is 0 Å². The third-order valence-corrected chi connectivity index (χ3v) is 6.14. The van der Waals surface area contributed by atoms with Crippen molar-refractivity contribution in [1.82, 2.24) is 9.55 Å². The second-order valence-corrected chi connectivity index (χ2v) is 7.61. The molecule has 0 radical (unpaired) electrons. The number of rotatable bonds is 1. The van der Waals surface area contributed by atoms with Crippen molar-refractivity contribution in [2.24, 2.45) is 7.05 Å². The Bertz CT molecular complexity index is 1200. The van der Waals surface area contributed by atoms with Crippen LogP contribution in [0, 0.1) is 13.8 Å². The summed E-state index contributed by atoms with van der Waals surface area (Å²) in [7, 11) is 4.33. The van der Waals surface area contributed by atoms with E-state index in [1.165, 1.54) is 44.4 Å². The zero-order valence-corrected chi connectivity index (χ0v) is 16.5. The van der Waals surface area contributed by atoms with Crippen LogP contribution in [0.1, 0.15) is 18.2 Å². The minimum absolute atomic E-state index is 0.271. The molecule has 27 heavy (non-hydrogen) atoms. The molecule has 4 aromatic rings. The highest BCUT2D eigenvalue weighted by Gasteiger charge is 2.33. The lowest BCUT2D eigenvalue weighted by Gasteiger charge is -2.29. The summed E-state index contributed by atoms with van der Waals surface area (Å²) in [6.07, 6.45) is 2.19. The first-order valence-electron chi connectivity index (χ1n) is 9.44. The van der Waals surface area contributed by atoms with Gasteiger partial charge in [-0.1, -0.05) is 18.2 Å². The van der Waals surface area contributed by atoms with E-state index in [0.717, 1.165) is 5.69 Å². The SMILES string of the molecule is Cc1ccccc1N1c2cc3c4ccnc(C)c4n(C)c3cc2N(C)[C@@H]1C. The summed E-state index contributed by atoms with van der Waals surface area (Å²) in [4.78, 5) is 9.32. The van der Waals surface area contributed by atoms with Gasteiger partial charge in [0.1, 0.15) is 6.17 Å². The number of anilines is 3. The Labute approximate surface area is 159 Å². The van der Waals surface area contributed by atoms with Crippen molar-refractivity contribution < 1.29 is 0 Å². The lowest BCUT2D eigenvalue weighted by molar-refractivity contribution is 0.732. The van der Waals surface area contributed by atoms with Crippen molar-refractivity contribution in [3.05, 3.63) is 59.9 Å². The molecule has 2 aromatic carbocycles. The summed E-state index contributed by atoms with van der Waals surface area (Å²) in [6, 6.07) is 15.5. The maximum atomic E-state index is 4.50. The first-order valence-corrected chi connectivity index (χ1v) is 9.44. The highest BCUT2D eigenvalue weighted by atomic mass is 15.4. The Morgan fingerprint density at radius 1 is 0.889 bits per heavy atom. The van der Waals surface area contributed by atoms with Gasteiger partial charge in [0.15, 0.2) is 0 Å². The first kappa shape index (κ1) is 16.2. The fourth-order valence-corrected chi connectivity index (χ4v) is 4.59. The van der Waals surface area contributed by atoms with Crippen LogP contribution in [0.15, 0.2) is 48.7 Å². The maximum absolute atomic E-state index is 4.50. The van der Waals surface area contributed by atoms with Crippen molar-refractivity contribution in [3.63, 3.8) is 0 Å². The van der Waals surface area contributed by atoms with Gasteiger partial charge in [0.2, 0.25) is 0 Å². The van der Waals surface area contributed by atoms with Crippen molar-refractivity contribution >= 4 is 38.9 Å². The van der Waals surface area contributed by atoms with Crippen molar-refractivity contribution in [3.8, 4) is 0 Å². The topological polar surface area (TPSA) is 24.3 Å². The minimum Gasteiger partial charge on any atom is -0.352 e. The van der Waals surface area contributed by atoms with Gasteiger partial charge in [-0.2, -0.15) is 0 Å². The summed E-state index contributed by atoms with van der Waals surface area (Å²) in [5.41, 5.74) is 8.66. The van der Waals surface area contributed by atoms with E-state index in [1.807, 2.05) is 6.20 Å². The molecule has 136 valence electrons. The van der Waals surface area contributed by atoms with Gasteiger partial charge in [-0.25, -0.2) is 0 Å². The third-order valence-electron chi connectivity index (χ3n) is 6.14. The number of aromatic nitrogens is 2. The molecule has 1 aliphatic heterocycles. The molecule has 0 aliphatic carbocycles. The molecule has 2 aromatic heterocycles. The highest BCUT2D eigenvalue weighted by Crippen LogP contribution is 2.47. The Balaban J connectivity index is 1.85. The Hall–Kier alpha value is -3.01. The van der Waals surface area contributed by atoms with Gasteiger partial charge < -0.3 is 14.4 Å². The van der Waals surface area contributed by atoms with E-state index in [4.69, 9.17) is 0 Å². The molecular weight excluding hydrogens is 332 g/mol. The van der Waals surface area contributed by atoms with Gasteiger partial charge >= 0.3 is 0 Å². The molecule has 4 nitrogen and oxygen atoms in total. The normalized spacial score (nSPS) is 16.6. The minimum atomic E-state index is 0.271. The van der Waals surface area contributed by atoms with E-state index in [1.54, 1.807) is 0 Å². The van der Waals surface area contributed by atoms with Gasteiger partial charge in [0.05, 0.1) is 28.1 Å². The van der Waals surface area contributed by atoms with Crippen LogP contribution >= 0.6 is 0 Å². The summed E-state index contributed by atoms with van der Waals surface area (Å²) in [5.74, 6) is 0. The molecule has 0 spiro atoms. The van der Waals surface area contributed by atoms with E-state index in [9.17, 15) is 0 Å². The second-order valence-electron chi connectivity index (χ2n) is 7.61. The highest BCUT2D eigenvalue weighted by molar-refractivity contribution is 6.12. The van der Waals surface area contributed by atoms with E-state index in [-0.39, 0.29) is 6.17 Å². The van der Waals surface area contributed by atoms with Gasteiger partial charge in [0, 0.05) is 36.8 Å². The molecule has 0 saturated carbocycles. The predicted molar refractivity (Wildman–Crippen MR) is 114 cm³/mol. The molecule has 1 atom stereocenters. The molecule has 5 rings (SSSR count). The number of fused-ring (bicyclic) bond motifs is 4. The van der Waals surface area contributed by atoms with E-state index in [0.29, 0.717) is 0 Å². The van der Waals surface area contributed by atoms with Gasteiger partial charge in [0.25, 0.3) is 0 Å². The zero-order valence-electron chi connectivity index (χ0n) is 16.5. The quantitative estimate of drug-likeness (QED) is 0.464. The molecule has 0 fully saturated rings. The first-order chi connectivity index (χ1) is 13.0. The average Bonchev–Trinajstić information content (AvgIpc) is 3.08. The van der Waals surface area contributed by atoms with Crippen LogP contribution in [-0.2, 0) is 7.05 Å². The number of benzene rings is 2. The second kappa shape index (κ2) is 5.49. The van der Waals surface area contributed by atoms with E-state index in [2.05, 4.69) is 96.7 Å². The van der Waals surface area contributed by atoms with Crippen LogP contribution in [0.3, 0.4) is 0 Å². The number of hydrogen-bond acceptors (Lipinski definition) is 3. The molecule has 0 unspecified atom stereocenters. The molecule has 0 N–H and O–H groups in total. The van der Waals surface area contributed by atoms with Crippen LogP contribution in [0.25, 0.3) is 21.8 Å². The van der Waals surface area contributed by atoms with Gasteiger partial charge in [-0.3, -0.25) is 4.98 Å². The fourth-order valence-electron chi connectivity index (χ4n) is 4.59. The molecule has 4 heteroatoms. The largest absolute Gasteiger partial charge is 0.352 e. The summed E-state index contributed by atoms with van der Waals surface area (Å²) in [5, 5.41) is 2.56. The molecule has 0 saturated heterocycles. The number of aryl methyl sites for hydroxylation is 3.